The van der Waals surface area contributed by atoms with Gasteiger partial charge in [0.15, 0.2) is 0 Å². The van der Waals surface area contributed by atoms with Crippen molar-refractivity contribution in [2.24, 2.45) is 0 Å². The Balaban J connectivity index is 1.33. The topological polar surface area (TPSA) is 110 Å². The van der Waals surface area contributed by atoms with E-state index < -0.39 is 11.6 Å². The van der Waals surface area contributed by atoms with Crippen molar-refractivity contribution in [3.05, 3.63) is 58.6 Å². The van der Waals surface area contributed by atoms with Gasteiger partial charge in [0.25, 0.3) is 5.91 Å². The second kappa shape index (κ2) is 12.4. The van der Waals surface area contributed by atoms with Crippen LogP contribution in [0.5, 0.6) is 0 Å². The van der Waals surface area contributed by atoms with Crippen LogP contribution in [0.25, 0.3) is 11.1 Å². The molecule has 1 unspecified atom stereocenters. The number of carbonyl (C=O) groups excluding carboxylic acids is 3. The molecule has 0 spiro atoms. The Kier molecular flexibility index (Phi) is 8.97. The van der Waals surface area contributed by atoms with Gasteiger partial charge in [-0.2, -0.15) is 0 Å². The van der Waals surface area contributed by atoms with E-state index in [1.54, 1.807) is 18.7 Å². The van der Waals surface area contributed by atoms with Crippen molar-refractivity contribution in [1.29, 1.82) is 0 Å². The number of thiophene rings is 1. The second-order valence-electron chi connectivity index (χ2n) is 13.7. The molecular formula is C34H45N7O3S. The van der Waals surface area contributed by atoms with Gasteiger partial charge in [0, 0.05) is 54.5 Å². The van der Waals surface area contributed by atoms with Gasteiger partial charge in [-0.25, -0.2) is 9.78 Å². The Bertz CT molecular complexity index is 1590. The Morgan fingerprint density at radius 1 is 1.09 bits per heavy atom. The minimum Gasteiger partial charge on any atom is -0.355 e. The van der Waals surface area contributed by atoms with Crippen molar-refractivity contribution in [3.63, 3.8) is 0 Å². The third-order valence-electron chi connectivity index (χ3n) is 8.80. The van der Waals surface area contributed by atoms with Gasteiger partial charge in [0.1, 0.15) is 16.4 Å². The first-order valence-corrected chi connectivity index (χ1v) is 16.3. The first kappa shape index (κ1) is 32.4. The number of likely N-dealkylation sites (N-methyl/N-ethyl adjacent to an activating group) is 1. The molecule has 0 radical (unpaired) electrons. The van der Waals surface area contributed by atoms with Crippen molar-refractivity contribution < 1.29 is 14.4 Å². The third kappa shape index (κ3) is 6.84. The molecule has 5 rings (SSSR count). The van der Waals surface area contributed by atoms with E-state index in [4.69, 9.17) is 4.98 Å². The first-order valence-electron chi connectivity index (χ1n) is 15.5. The highest BCUT2D eigenvalue weighted by Crippen LogP contribution is 2.38. The molecule has 4 amide bonds. The van der Waals surface area contributed by atoms with E-state index in [9.17, 15) is 14.4 Å². The Hall–Kier alpha value is -3.96. The van der Waals surface area contributed by atoms with Crippen LogP contribution in [-0.2, 0) is 10.2 Å². The fourth-order valence-corrected chi connectivity index (χ4v) is 6.90. The number of pyridine rings is 1. The van der Waals surface area contributed by atoms with Gasteiger partial charge >= 0.3 is 6.03 Å². The van der Waals surface area contributed by atoms with Crippen molar-refractivity contribution in [2.45, 2.75) is 65.0 Å². The van der Waals surface area contributed by atoms with E-state index in [0.29, 0.717) is 35.4 Å². The molecule has 11 heteroatoms. The van der Waals surface area contributed by atoms with Crippen LogP contribution < -0.4 is 20.9 Å². The normalized spacial score (nSPS) is 18.2. The number of hydrogen-bond acceptors (Lipinski definition) is 7. The second-order valence-corrected chi connectivity index (χ2v) is 14.8. The van der Waals surface area contributed by atoms with Gasteiger partial charge in [-0.15, -0.1) is 11.3 Å². The van der Waals surface area contributed by atoms with Crippen LogP contribution in [0, 0.1) is 6.92 Å². The average Bonchev–Trinajstić information content (AvgIpc) is 3.64. The van der Waals surface area contributed by atoms with Gasteiger partial charge in [0.2, 0.25) is 5.91 Å². The monoisotopic (exact) mass is 631 g/mol. The average molecular weight is 632 g/mol. The van der Waals surface area contributed by atoms with E-state index in [1.807, 2.05) is 37.4 Å². The zero-order valence-electron chi connectivity index (χ0n) is 27.6. The van der Waals surface area contributed by atoms with Crippen LogP contribution in [-0.4, -0.2) is 84.5 Å². The number of aromatic nitrogens is 1. The van der Waals surface area contributed by atoms with Crippen LogP contribution in [0.1, 0.15) is 61.8 Å². The summed E-state index contributed by atoms with van der Waals surface area (Å²) < 4.78 is 0. The maximum Gasteiger partial charge on any atom is 0.324 e. The number of rotatable bonds is 6. The molecule has 0 aliphatic carbocycles. The number of piperazine rings is 1. The molecule has 0 bridgehead atoms. The zero-order chi connectivity index (χ0) is 32.7. The summed E-state index contributed by atoms with van der Waals surface area (Å²) in [4.78, 5) is 51.6. The number of hydrogen-bond donors (Lipinski definition) is 3. The zero-order valence-corrected chi connectivity index (χ0v) is 28.4. The molecule has 1 aromatic carbocycles. The molecule has 4 heterocycles. The molecule has 45 heavy (non-hydrogen) atoms. The number of amides is 4. The Labute approximate surface area is 270 Å². The molecule has 2 aliphatic heterocycles. The predicted molar refractivity (Wildman–Crippen MR) is 183 cm³/mol. The van der Waals surface area contributed by atoms with Crippen LogP contribution in [0.3, 0.4) is 0 Å². The number of nitrogens with one attached hydrogen (secondary N) is 3. The highest BCUT2D eigenvalue weighted by molar-refractivity contribution is 7.16. The molecular weight excluding hydrogens is 586 g/mol. The lowest BCUT2D eigenvalue weighted by atomic mass is 9.93. The lowest BCUT2D eigenvalue weighted by Crippen LogP contribution is -2.63. The molecule has 3 N–H and O–H groups in total. The van der Waals surface area contributed by atoms with Crippen molar-refractivity contribution in [1.82, 2.24) is 20.1 Å². The molecule has 2 fully saturated rings. The van der Waals surface area contributed by atoms with Crippen LogP contribution in [0.15, 0.2) is 42.6 Å². The van der Waals surface area contributed by atoms with Crippen molar-refractivity contribution in [3.8, 4) is 11.1 Å². The summed E-state index contributed by atoms with van der Waals surface area (Å²) in [5.74, 6) is 0.491. The molecule has 240 valence electrons. The van der Waals surface area contributed by atoms with Gasteiger partial charge in [-0.05, 0) is 88.2 Å². The summed E-state index contributed by atoms with van der Waals surface area (Å²) in [7, 11) is 4.24. The number of nitrogens with zero attached hydrogens (tertiary/aromatic N) is 4. The van der Waals surface area contributed by atoms with Gasteiger partial charge < -0.3 is 25.3 Å². The summed E-state index contributed by atoms with van der Waals surface area (Å²) in [5, 5.41) is 9.17. The first-order chi connectivity index (χ1) is 21.1. The Morgan fingerprint density at radius 3 is 2.49 bits per heavy atom. The van der Waals surface area contributed by atoms with Gasteiger partial charge in [-0.3, -0.25) is 14.9 Å². The van der Waals surface area contributed by atoms with E-state index >= 15 is 0 Å². The van der Waals surface area contributed by atoms with E-state index in [1.165, 1.54) is 11.3 Å². The molecule has 2 saturated heterocycles. The minimum absolute atomic E-state index is 0.199. The largest absolute Gasteiger partial charge is 0.355 e. The molecule has 2 aliphatic rings. The van der Waals surface area contributed by atoms with Crippen molar-refractivity contribution in [2.75, 3.05) is 55.8 Å². The number of carbonyl (C=O) groups is 3. The fourth-order valence-electron chi connectivity index (χ4n) is 5.79. The lowest BCUT2D eigenvalue weighted by molar-refractivity contribution is -0.133. The quantitative estimate of drug-likeness (QED) is 0.329. The molecule has 1 atom stereocenters. The highest BCUT2D eigenvalue weighted by atomic mass is 32.1. The summed E-state index contributed by atoms with van der Waals surface area (Å²) >= 11 is 1.38. The smallest absolute Gasteiger partial charge is 0.324 e. The van der Waals surface area contributed by atoms with Gasteiger partial charge in [-0.1, -0.05) is 26.8 Å². The lowest BCUT2D eigenvalue weighted by Gasteiger charge is -2.41. The maximum atomic E-state index is 13.8. The van der Waals surface area contributed by atoms with Gasteiger partial charge in [0.05, 0.1) is 5.56 Å². The fraction of sp³-hybridized carbons (Fsp3) is 0.471. The number of aryl methyl sites for hydroxylation is 1. The number of urea groups is 1. The van der Waals surface area contributed by atoms with E-state index in [-0.39, 0.29) is 17.2 Å². The summed E-state index contributed by atoms with van der Waals surface area (Å²) in [6, 6.07) is 11.9. The van der Waals surface area contributed by atoms with Crippen LogP contribution >= 0.6 is 11.3 Å². The van der Waals surface area contributed by atoms with E-state index in [0.717, 1.165) is 46.9 Å². The van der Waals surface area contributed by atoms with Crippen LogP contribution in [0.4, 0.5) is 21.3 Å². The maximum absolute atomic E-state index is 13.8. The van der Waals surface area contributed by atoms with Crippen molar-refractivity contribution >= 4 is 45.7 Å². The van der Waals surface area contributed by atoms with Crippen LogP contribution in [0.2, 0.25) is 0 Å². The predicted octanol–water partition coefficient (Wildman–Crippen LogP) is 5.55. The molecule has 0 saturated carbocycles. The molecule has 2 aromatic heterocycles. The number of anilines is 3. The molecule has 10 nitrogen and oxygen atoms in total. The molecule has 3 aromatic rings. The summed E-state index contributed by atoms with van der Waals surface area (Å²) in [5.41, 5.74) is 2.79. The minimum atomic E-state index is -1.01. The number of benzene rings is 1. The highest BCUT2D eigenvalue weighted by Gasteiger charge is 2.42. The third-order valence-corrected chi connectivity index (χ3v) is 10.3. The van der Waals surface area contributed by atoms with E-state index in [2.05, 4.69) is 72.7 Å². The Morgan fingerprint density at radius 2 is 1.84 bits per heavy atom. The summed E-state index contributed by atoms with van der Waals surface area (Å²) in [6.07, 6.45) is 3.02. The standard InChI is InChI=1S/C34H45N7O3S/c1-21-9-11-23(17-25(21)22-10-12-28(36-19-22)40-15-13-24(20-40)39(7)8)37-32(44)38-29-26(18-27(45-29)33(2,3)4)30(42)41-16-14-35-31(43)34(41,5)6/h9-12,17-19,24H,13-16,20H2,1-8H3,(H,35,43)(H2,37,38,44). The SMILES string of the molecule is Cc1ccc(NC(=O)Nc2sc(C(C)(C)C)cc2C(=O)N2CCNC(=O)C2(C)C)cc1-c1ccc(N2CCC(N(C)C)C2)nc1. The summed E-state index contributed by atoms with van der Waals surface area (Å²) in [6.45, 7) is 14.4.